The average Bonchev–Trinajstić information content (AvgIpc) is 2.73. The van der Waals surface area contributed by atoms with Gasteiger partial charge < -0.3 is 20.3 Å². The van der Waals surface area contributed by atoms with Crippen LogP contribution in [0.4, 0.5) is 0 Å². The van der Waals surface area contributed by atoms with Crippen molar-refractivity contribution >= 4 is 24.8 Å². The van der Waals surface area contributed by atoms with Crippen molar-refractivity contribution in [2.45, 2.75) is 63.5 Å². The molecule has 2 aliphatic rings. The lowest BCUT2D eigenvalue weighted by Crippen LogP contribution is -2.52. The molecular formula is C14H30Cl2N2O3. The van der Waals surface area contributed by atoms with E-state index in [4.69, 9.17) is 4.74 Å². The summed E-state index contributed by atoms with van der Waals surface area (Å²) >= 11 is 0. The summed E-state index contributed by atoms with van der Waals surface area (Å²) in [6.45, 7) is 6.88. The minimum Gasteiger partial charge on any atom is -0.394 e. The number of likely N-dealkylation sites (tertiary alicyclic amines) is 1. The van der Waals surface area contributed by atoms with E-state index >= 15 is 0 Å². The Kier molecular flexibility index (Phi) is 10.4. The highest BCUT2D eigenvalue weighted by atomic mass is 35.5. The van der Waals surface area contributed by atoms with Crippen LogP contribution < -0.4 is 5.32 Å². The molecule has 0 spiro atoms. The highest BCUT2D eigenvalue weighted by Crippen LogP contribution is 2.27. The summed E-state index contributed by atoms with van der Waals surface area (Å²) in [4.78, 5) is 2.34. The molecule has 0 aromatic carbocycles. The van der Waals surface area contributed by atoms with Crippen molar-refractivity contribution in [1.82, 2.24) is 10.2 Å². The quantitative estimate of drug-likeness (QED) is 0.688. The molecule has 2 rings (SSSR count). The van der Waals surface area contributed by atoms with E-state index in [1.54, 1.807) is 0 Å². The first kappa shape index (κ1) is 21.4. The molecule has 0 aromatic rings. The van der Waals surface area contributed by atoms with Gasteiger partial charge in [0, 0.05) is 12.6 Å². The summed E-state index contributed by atoms with van der Waals surface area (Å²) in [6, 6.07) is 0.416. The fourth-order valence-corrected chi connectivity index (χ4v) is 3.16. The third-order valence-corrected chi connectivity index (χ3v) is 4.18. The second-order valence-electron chi connectivity index (χ2n) is 6.04. The standard InChI is InChI=1S/C14H28N2O3.2ClH/c1-10(2)15-8-11-13(14(18)12(9-17)19-11)16-6-4-3-5-7-16;;/h10-15,17-18H,3-9H2,1-2H3;2*1H/t11-,12+,13+,14-;;/m1../s1. The van der Waals surface area contributed by atoms with Gasteiger partial charge in [-0.2, -0.15) is 0 Å². The van der Waals surface area contributed by atoms with Gasteiger partial charge in [-0.1, -0.05) is 20.3 Å². The van der Waals surface area contributed by atoms with E-state index in [-0.39, 0.29) is 43.6 Å². The minimum atomic E-state index is -0.581. The van der Waals surface area contributed by atoms with Crippen molar-refractivity contribution in [2.75, 3.05) is 26.2 Å². The Morgan fingerprint density at radius 2 is 1.76 bits per heavy atom. The van der Waals surface area contributed by atoms with Crippen molar-refractivity contribution in [3.8, 4) is 0 Å². The van der Waals surface area contributed by atoms with Crippen molar-refractivity contribution < 1.29 is 14.9 Å². The average molecular weight is 345 g/mol. The molecule has 0 aromatic heterocycles. The van der Waals surface area contributed by atoms with E-state index in [0.717, 1.165) is 19.6 Å². The molecule has 0 aliphatic carbocycles. The molecule has 0 amide bonds. The number of aliphatic hydroxyl groups excluding tert-OH is 2. The molecule has 0 unspecified atom stereocenters. The van der Waals surface area contributed by atoms with Crippen LogP contribution in [-0.4, -0.2) is 71.7 Å². The number of rotatable bonds is 5. The molecule has 2 fully saturated rings. The maximum absolute atomic E-state index is 10.4. The van der Waals surface area contributed by atoms with Crippen molar-refractivity contribution in [1.29, 1.82) is 0 Å². The molecule has 3 N–H and O–H groups in total. The molecule has 0 radical (unpaired) electrons. The topological polar surface area (TPSA) is 65.0 Å². The number of halogens is 2. The zero-order valence-electron chi connectivity index (χ0n) is 12.9. The van der Waals surface area contributed by atoms with Crippen molar-refractivity contribution in [3.05, 3.63) is 0 Å². The maximum Gasteiger partial charge on any atom is 0.109 e. The van der Waals surface area contributed by atoms with Gasteiger partial charge in [-0.05, 0) is 25.9 Å². The lowest BCUT2D eigenvalue weighted by atomic mass is 9.99. The summed E-state index contributed by atoms with van der Waals surface area (Å²) < 4.78 is 5.83. The third-order valence-electron chi connectivity index (χ3n) is 4.18. The van der Waals surface area contributed by atoms with Crippen LogP contribution in [0.15, 0.2) is 0 Å². The molecule has 0 bridgehead atoms. The van der Waals surface area contributed by atoms with Gasteiger partial charge in [0.15, 0.2) is 0 Å². The fourth-order valence-electron chi connectivity index (χ4n) is 3.16. The Balaban J connectivity index is 0.00000200. The molecule has 2 aliphatic heterocycles. The van der Waals surface area contributed by atoms with E-state index in [9.17, 15) is 10.2 Å². The molecule has 128 valence electrons. The number of hydrogen-bond donors (Lipinski definition) is 3. The summed E-state index contributed by atoms with van der Waals surface area (Å²) in [5, 5.41) is 23.1. The van der Waals surface area contributed by atoms with Crippen LogP contribution in [0.5, 0.6) is 0 Å². The first-order chi connectivity index (χ1) is 9.13. The summed E-state index contributed by atoms with van der Waals surface area (Å²) in [5.74, 6) is 0. The lowest BCUT2D eigenvalue weighted by Gasteiger charge is -2.36. The fraction of sp³-hybridized carbons (Fsp3) is 1.00. The first-order valence-corrected chi connectivity index (χ1v) is 7.55. The van der Waals surface area contributed by atoms with E-state index in [1.807, 2.05) is 0 Å². The van der Waals surface area contributed by atoms with E-state index in [0.29, 0.717) is 6.04 Å². The van der Waals surface area contributed by atoms with Gasteiger partial charge in [-0.15, -0.1) is 24.8 Å². The smallest absolute Gasteiger partial charge is 0.109 e. The predicted octanol–water partition coefficient (Wildman–Crippen LogP) is 0.803. The van der Waals surface area contributed by atoms with E-state index < -0.39 is 12.2 Å². The zero-order chi connectivity index (χ0) is 13.8. The number of ether oxygens (including phenoxy) is 1. The predicted molar refractivity (Wildman–Crippen MR) is 88.6 cm³/mol. The summed E-state index contributed by atoms with van der Waals surface area (Å²) in [7, 11) is 0. The van der Waals surface area contributed by atoms with Crippen LogP contribution >= 0.6 is 24.8 Å². The van der Waals surface area contributed by atoms with Crippen LogP contribution in [0.3, 0.4) is 0 Å². The minimum absolute atomic E-state index is 0. The molecule has 0 saturated carbocycles. The second-order valence-corrected chi connectivity index (χ2v) is 6.04. The molecule has 2 heterocycles. The Morgan fingerprint density at radius 1 is 1.14 bits per heavy atom. The monoisotopic (exact) mass is 344 g/mol. The number of hydrogen-bond acceptors (Lipinski definition) is 5. The third kappa shape index (κ3) is 5.50. The zero-order valence-corrected chi connectivity index (χ0v) is 14.5. The van der Waals surface area contributed by atoms with Gasteiger partial charge in [0.2, 0.25) is 0 Å². The highest BCUT2D eigenvalue weighted by Gasteiger charge is 2.46. The van der Waals surface area contributed by atoms with E-state index in [2.05, 4.69) is 24.1 Å². The summed E-state index contributed by atoms with van der Waals surface area (Å²) in [6.07, 6.45) is 2.60. The Labute approximate surface area is 140 Å². The number of piperidine rings is 1. The first-order valence-electron chi connectivity index (χ1n) is 7.55. The van der Waals surface area contributed by atoms with Crippen LogP contribution in [0.1, 0.15) is 33.1 Å². The van der Waals surface area contributed by atoms with E-state index in [1.165, 1.54) is 19.3 Å². The van der Waals surface area contributed by atoms with Crippen molar-refractivity contribution in [3.63, 3.8) is 0 Å². The molecule has 5 nitrogen and oxygen atoms in total. The Hall–Kier alpha value is 0.380. The largest absolute Gasteiger partial charge is 0.394 e. The van der Waals surface area contributed by atoms with Crippen LogP contribution in [0, 0.1) is 0 Å². The van der Waals surface area contributed by atoms with Crippen LogP contribution in [0.25, 0.3) is 0 Å². The molecule has 2 saturated heterocycles. The lowest BCUT2D eigenvalue weighted by molar-refractivity contribution is -0.0216. The van der Waals surface area contributed by atoms with Crippen molar-refractivity contribution in [2.24, 2.45) is 0 Å². The van der Waals surface area contributed by atoms with Gasteiger partial charge in [0.1, 0.15) is 12.2 Å². The number of nitrogens with zero attached hydrogens (tertiary/aromatic N) is 1. The van der Waals surface area contributed by atoms with Gasteiger partial charge in [-0.3, -0.25) is 4.90 Å². The van der Waals surface area contributed by atoms with Gasteiger partial charge in [0.05, 0.1) is 18.8 Å². The van der Waals surface area contributed by atoms with Gasteiger partial charge in [-0.25, -0.2) is 0 Å². The molecular weight excluding hydrogens is 315 g/mol. The summed E-state index contributed by atoms with van der Waals surface area (Å²) in [5.41, 5.74) is 0. The van der Waals surface area contributed by atoms with Gasteiger partial charge >= 0.3 is 0 Å². The molecule has 7 heteroatoms. The van der Waals surface area contributed by atoms with Crippen LogP contribution in [0.2, 0.25) is 0 Å². The molecule has 21 heavy (non-hydrogen) atoms. The maximum atomic E-state index is 10.4. The number of nitrogens with one attached hydrogen (secondary N) is 1. The molecule has 4 atom stereocenters. The normalized spacial score (nSPS) is 33.6. The highest BCUT2D eigenvalue weighted by molar-refractivity contribution is 5.85. The SMILES string of the molecule is CC(C)NC[C@H]1O[C@@H](CO)[C@@H](O)[C@H]1N1CCCCC1.Cl.Cl. The van der Waals surface area contributed by atoms with Gasteiger partial charge in [0.25, 0.3) is 0 Å². The Morgan fingerprint density at radius 3 is 2.29 bits per heavy atom. The van der Waals surface area contributed by atoms with Crippen LogP contribution in [-0.2, 0) is 4.74 Å². The second kappa shape index (κ2) is 10.2. The number of aliphatic hydroxyl groups is 2. The Bertz CT molecular complexity index is 279.